The largest absolute Gasteiger partial charge is 0.331 e. The zero-order chi connectivity index (χ0) is 9.07. The van der Waals surface area contributed by atoms with Crippen LogP contribution in [-0.4, -0.2) is 27.6 Å². The van der Waals surface area contributed by atoms with Gasteiger partial charge in [0.05, 0.1) is 0 Å². The summed E-state index contributed by atoms with van der Waals surface area (Å²) in [5.74, 6) is 0. The van der Waals surface area contributed by atoms with Crippen LogP contribution >= 0.6 is 0 Å². The number of hydrogen-bond donors (Lipinski definition) is 0. The average Bonchev–Trinajstić information content (AvgIpc) is 1.79. The normalized spacial score (nSPS) is 15.5. The van der Waals surface area contributed by atoms with Gasteiger partial charge in [0, 0.05) is 0 Å². The highest BCUT2D eigenvalue weighted by molar-refractivity contribution is 6.58. The van der Waals surface area contributed by atoms with Crippen LogP contribution in [0.25, 0.3) is 0 Å². The summed E-state index contributed by atoms with van der Waals surface area (Å²) in [5, 5.41) is 0.555. The van der Waals surface area contributed by atoms with Gasteiger partial charge in [-0.2, -0.15) is 0 Å². The molecular weight excluding hydrogens is 150 g/mol. The lowest BCUT2D eigenvalue weighted by Crippen LogP contribution is -2.40. The molecule has 0 heterocycles. The molecule has 0 saturated heterocycles. The predicted octanol–water partition coefficient (Wildman–Crippen LogP) is 2.48. The molecule has 0 radical (unpaired) electrons. The second kappa shape index (κ2) is 4.26. The summed E-state index contributed by atoms with van der Waals surface area (Å²) < 4.78 is 2.48. The Labute approximate surface area is 73.5 Å². The maximum atomic E-state index is 2.48. The first-order chi connectivity index (χ1) is 4.89. The first kappa shape index (κ1) is 11.2. The van der Waals surface area contributed by atoms with Gasteiger partial charge in [0.15, 0.2) is 0 Å². The van der Waals surface area contributed by atoms with Crippen LogP contribution in [0.3, 0.4) is 0 Å². The molecule has 0 aliphatic rings. The van der Waals surface area contributed by atoms with Gasteiger partial charge in [0.1, 0.15) is 8.96 Å². The Hall–Kier alpha value is 0.177. The van der Waals surface area contributed by atoms with Crippen LogP contribution in [0.4, 0.5) is 0 Å². The molecule has 0 aliphatic carbocycles. The smallest absolute Gasteiger partial charge is 0.116 e. The standard InChI is InChI=1S/C9H23NSi/c1-7-8-11(10(5)6)9(2,3)4/h11H,7-8H2,1-6H3. The van der Waals surface area contributed by atoms with Gasteiger partial charge in [-0.1, -0.05) is 34.1 Å². The van der Waals surface area contributed by atoms with Crippen LogP contribution in [0, 0.1) is 0 Å². The molecule has 0 rings (SSSR count). The summed E-state index contributed by atoms with van der Waals surface area (Å²) >= 11 is 0. The third kappa shape index (κ3) is 3.92. The second-order valence-corrected chi connectivity index (χ2v) is 9.01. The highest BCUT2D eigenvalue weighted by Crippen LogP contribution is 2.30. The van der Waals surface area contributed by atoms with Crippen molar-refractivity contribution in [3.63, 3.8) is 0 Å². The van der Waals surface area contributed by atoms with E-state index in [4.69, 9.17) is 0 Å². The van der Waals surface area contributed by atoms with Gasteiger partial charge in [0.2, 0.25) is 0 Å². The molecule has 0 aromatic heterocycles. The first-order valence-electron chi connectivity index (χ1n) is 4.56. The summed E-state index contributed by atoms with van der Waals surface area (Å²) in [4.78, 5) is 0. The highest BCUT2D eigenvalue weighted by atomic mass is 28.3. The van der Waals surface area contributed by atoms with E-state index >= 15 is 0 Å². The summed E-state index contributed by atoms with van der Waals surface area (Å²) in [7, 11) is 3.81. The van der Waals surface area contributed by atoms with E-state index in [1.165, 1.54) is 12.5 Å². The number of nitrogens with zero attached hydrogens (tertiary/aromatic N) is 1. The van der Waals surface area contributed by atoms with E-state index in [0.717, 1.165) is 0 Å². The third-order valence-corrected chi connectivity index (χ3v) is 6.56. The number of hydrogen-bond acceptors (Lipinski definition) is 1. The Morgan fingerprint density at radius 1 is 1.18 bits per heavy atom. The summed E-state index contributed by atoms with van der Waals surface area (Å²) in [6.07, 6.45) is 1.34. The molecule has 0 N–H and O–H groups in total. The molecule has 0 bridgehead atoms. The fourth-order valence-electron chi connectivity index (χ4n) is 1.74. The van der Waals surface area contributed by atoms with E-state index in [2.05, 4.69) is 46.4 Å². The molecule has 0 amide bonds. The molecule has 0 aromatic rings. The lowest BCUT2D eigenvalue weighted by atomic mass is 10.2. The molecule has 0 aromatic carbocycles. The lowest BCUT2D eigenvalue weighted by molar-refractivity contribution is 0.565. The molecule has 2 heteroatoms. The lowest BCUT2D eigenvalue weighted by Gasteiger charge is -2.34. The second-order valence-electron chi connectivity index (χ2n) is 4.63. The SMILES string of the molecule is CCC[SiH](N(C)C)C(C)(C)C. The van der Waals surface area contributed by atoms with Gasteiger partial charge in [-0.15, -0.1) is 0 Å². The van der Waals surface area contributed by atoms with Crippen molar-refractivity contribution in [1.82, 2.24) is 4.57 Å². The average molecular weight is 173 g/mol. The van der Waals surface area contributed by atoms with Gasteiger partial charge in [-0.05, 0) is 25.2 Å². The topological polar surface area (TPSA) is 3.24 Å². The Morgan fingerprint density at radius 3 is 1.73 bits per heavy atom. The third-order valence-electron chi connectivity index (χ3n) is 2.19. The summed E-state index contributed by atoms with van der Waals surface area (Å²) in [6, 6.07) is 1.44. The predicted molar refractivity (Wildman–Crippen MR) is 55.6 cm³/mol. The quantitative estimate of drug-likeness (QED) is 0.593. The van der Waals surface area contributed by atoms with Crippen LogP contribution in [0.5, 0.6) is 0 Å². The first-order valence-corrected chi connectivity index (χ1v) is 6.47. The minimum atomic E-state index is -0.662. The Kier molecular flexibility index (Phi) is 4.33. The van der Waals surface area contributed by atoms with Crippen LogP contribution < -0.4 is 0 Å². The Balaban J connectivity index is 4.10. The highest BCUT2D eigenvalue weighted by Gasteiger charge is 2.27. The zero-order valence-corrected chi connectivity index (χ0v) is 10.1. The van der Waals surface area contributed by atoms with Crippen LogP contribution in [0.2, 0.25) is 11.1 Å². The minimum Gasteiger partial charge on any atom is -0.331 e. The van der Waals surface area contributed by atoms with E-state index in [1.54, 1.807) is 0 Å². The van der Waals surface area contributed by atoms with Crippen molar-refractivity contribution in [3.05, 3.63) is 0 Å². The fraction of sp³-hybridized carbons (Fsp3) is 1.00. The van der Waals surface area contributed by atoms with Gasteiger partial charge in [-0.3, -0.25) is 0 Å². The summed E-state index contributed by atoms with van der Waals surface area (Å²) in [5.41, 5.74) is 0. The van der Waals surface area contributed by atoms with Crippen molar-refractivity contribution in [2.45, 2.75) is 45.2 Å². The molecule has 1 atom stereocenters. The minimum absolute atomic E-state index is 0.555. The molecule has 1 unspecified atom stereocenters. The maximum absolute atomic E-state index is 2.48. The van der Waals surface area contributed by atoms with Crippen LogP contribution in [0.1, 0.15) is 34.1 Å². The van der Waals surface area contributed by atoms with Gasteiger partial charge >= 0.3 is 0 Å². The van der Waals surface area contributed by atoms with Crippen LogP contribution in [0.15, 0.2) is 0 Å². The Morgan fingerprint density at radius 2 is 1.64 bits per heavy atom. The molecular formula is C9H23NSi. The summed E-state index contributed by atoms with van der Waals surface area (Å²) in [6.45, 7) is 9.41. The molecule has 1 nitrogen and oxygen atoms in total. The van der Waals surface area contributed by atoms with Crippen molar-refractivity contribution in [3.8, 4) is 0 Å². The van der Waals surface area contributed by atoms with E-state index in [1.807, 2.05) is 0 Å². The monoisotopic (exact) mass is 173 g/mol. The molecule has 0 saturated carbocycles. The Bertz CT molecular complexity index is 105. The fourth-order valence-corrected chi connectivity index (χ4v) is 5.22. The van der Waals surface area contributed by atoms with Crippen molar-refractivity contribution >= 4 is 8.96 Å². The van der Waals surface area contributed by atoms with Gasteiger partial charge in [-0.25, -0.2) is 0 Å². The maximum Gasteiger partial charge on any atom is 0.116 e. The van der Waals surface area contributed by atoms with Gasteiger partial charge in [0.25, 0.3) is 0 Å². The molecule has 11 heavy (non-hydrogen) atoms. The number of rotatable bonds is 3. The molecule has 0 fully saturated rings. The van der Waals surface area contributed by atoms with E-state index in [0.29, 0.717) is 5.04 Å². The van der Waals surface area contributed by atoms with E-state index < -0.39 is 8.96 Å². The molecule has 0 spiro atoms. The van der Waals surface area contributed by atoms with Crippen molar-refractivity contribution in [2.75, 3.05) is 14.1 Å². The van der Waals surface area contributed by atoms with Crippen LogP contribution in [-0.2, 0) is 0 Å². The zero-order valence-electron chi connectivity index (χ0n) is 8.94. The van der Waals surface area contributed by atoms with Crippen molar-refractivity contribution in [2.24, 2.45) is 0 Å². The van der Waals surface area contributed by atoms with E-state index in [-0.39, 0.29) is 0 Å². The van der Waals surface area contributed by atoms with Crippen molar-refractivity contribution in [1.29, 1.82) is 0 Å². The van der Waals surface area contributed by atoms with Gasteiger partial charge < -0.3 is 4.57 Å². The molecule has 0 aliphatic heterocycles. The van der Waals surface area contributed by atoms with E-state index in [9.17, 15) is 0 Å². The van der Waals surface area contributed by atoms with Crippen molar-refractivity contribution < 1.29 is 0 Å². The molecule has 68 valence electrons.